The van der Waals surface area contributed by atoms with Crippen LogP contribution in [0.15, 0.2) is 115 Å². The minimum Gasteiger partial charge on any atom is -0.334 e. The van der Waals surface area contributed by atoms with Gasteiger partial charge in [0.1, 0.15) is 0 Å². The lowest BCUT2D eigenvalue weighted by Gasteiger charge is -2.51. The summed E-state index contributed by atoms with van der Waals surface area (Å²) in [5, 5.41) is 1.36. The molecule has 0 spiro atoms. The lowest BCUT2D eigenvalue weighted by atomic mass is 9.35. The van der Waals surface area contributed by atoms with Crippen molar-refractivity contribution in [1.29, 1.82) is 0 Å². The first kappa shape index (κ1) is 47.5. The molecule has 5 heteroatoms. The van der Waals surface area contributed by atoms with E-state index in [4.69, 9.17) is 0 Å². The molecule has 0 bridgehead atoms. The van der Waals surface area contributed by atoms with E-state index in [-0.39, 0.29) is 39.3 Å². The Morgan fingerprint density at radius 1 is 0.542 bits per heavy atom. The Morgan fingerprint density at radius 3 is 1.69 bits per heavy atom. The first-order valence-corrected chi connectivity index (χ1v) is 27.9. The maximum absolute atomic E-state index is 2.87. The van der Waals surface area contributed by atoms with Gasteiger partial charge in [0.15, 0.2) is 0 Å². The number of hydrogen-bond donors (Lipinski definition) is 0. The molecule has 0 N–H and O–H groups in total. The third-order valence-corrected chi connectivity index (χ3v) is 19.4. The summed E-state index contributed by atoms with van der Waals surface area (Å²) in [6.07, 6.45) is 5.76. The topological polar surface area (TPSA) is 9.72 Å². The number of aryl methyl sites for hydroxylation is 2. The van der Waals surface area contributed by atoms with E-state index in [1.54, 1.807) is 0 Å². The second-order valence-electron chi connectivity index (χ2n) is 27.2. The molecule has 1 fully saturated rings. The number of anilines is 7. The Labute approximate surface area is 436 Å². The van der Waals surface area contributed by atoms with Gasteiger partial charge in [0.05, 0.1) is 11.2 Å². The molecule has 1 saturated carbocycles. The van der Waals surface area contributed by atoms with Gasteiger partial charge in [0.25, 0.3) is 6.71 Å². The van der Waals surface area contributed by atoms with Gasteiger partial charge in [-0.25, -0.2) is 0 Å². The van der Waals surface area contributed by atoms with Crippen LogP contribution >= 0.6 is 11.3 Å². The molecule has 3 aliphatic heterocycles. The first-order chi connectivity index (χ1) is 33.8. The highest BCUT2D eigenvalue weighted by Gasteiger charge is 2.59. The zero-order valence-electron chi connectivity index (χ0n) is 46.3. The van der Waals surface area contributed by atoms with Crippen LogP contribution in [-0.2, 0) is 33.5 Å². The van der Waals surface area contributed by atoms with E-state index in [2.05, 4.69) is 235 Å². The van der Waals surface area contributed by atoms with Gasteiger partial charge in [-0.2, -0.15) is 0 Å². The number of rotatable bonds is 3. The van der Waals surface area contributed by atoms with Gasteiger partial charge in [-0.1, -0.05) is 168 Å². The summed E-state index contributed by atoms with van der Waals surface area (Å²) in [4.78, 5) is 8.32. The van der Waals surface area contributed by atoms with Gasteiger partial charge in [0, 0.05) is 65.7 Å². The van der Waals surface area contributed by atoms with E-state index in [1.165, 1.54) is 141 Å². The van der Waals surface area contributed by atoms with E-state index in [1.807, 2.05) is 11.3 Å². The van der Waals surface area contributed by atoms with Crippen molar-refractivity contribution in [3.05, 3.63) is 165 Å². The molecule has 5 aliphatic rings. The molecule has 368 valence electrons. The normalized spacial score (nSPS) is 20.4. The molecule has 1 aromatic heterocycles. The highest BCUT2D eigenvalue weighted by molar-refractivity contribution is 7.33. The number of thiophene rings is 1. The number of fused-ring (bicyclic) bond motifs is 10. The Balaban J connectivity index is 1.24. The van der Waals surface area contributed by atoms with Crippen molar-refractivity contribution in [3.63, 3.8) is 0 Å². The monoisotopic (exact) mass is 966 g/mol. The van der Waals surface area contributed by atoms with Gasteiger partial charge in [-0.15, -0.1) is 11.3 Å². The zero-order chi connectivity index (χ0) is 51.0. The SMILES string of the molecule is Cc1cc(C)c2c(c1)C1(C)CCCCC1(C)N2c1cc2c3c(c1)N(c1ccc(C(C)(C)C)cc1)c1c(sc4ccc(C(C)(C)C)cc14)B3C1=C(c3cc(C(C)(C)C)ccc3C1)N2c1ccc(C(C)(C)C)cc1. The standard InChI is InChI=1S/C67H76BN3S/c1-40-33-41(2)58-52(34-40)66(15)31-17-18-32-67(66,16)71(58)49-38-54-57-55(39-49)70(48-28-23-44(24-29-48)63(6,7)8)60-51-37-46(65(12,13)14)25-30-56(51)72-61(60)68(57)53-35-42-19-20-45(64(9,10)11)36-50(42)59(53)69(54)47-26-21-43(22-27-47)62(3,4)5/h19-30,33-34,36-39H,17-18,31-32,35H2,1-16H3. The molecule has 0 saturated heterocycles. The van der Waals surface area contributed by atoms with Gasteiger partial charge < -0.3 is 14.7 Å². The maximum atomic E-state index is 2.87. The van der Waals surface area contributed by atoms with E-state index < -0.39 is 0 Å². The minimum atomic E-state index is -0.123. The molecule has 72 heavy (non-hydrogen) atoms. The average molecular weight is 966 g/mol. The van der Waals surface area contributed by atoms with Crippen LogP contribution in [0.4, 0.5) is 39.8 Å². The molecule has 2 unspecified atom stereocenters. The van der Waals surface area contributed by atoms with E-state index in [0.717, 1.165) is 12.8 Å². The smallest absolute Gasteiger partial charge is 0.260 e. The number of hydrogen-bond acceptors (Lipinski definition) is 4. The summed E-state index contributed by atoms with van der Waals surface area (Å²) in [6, 6.07) is 44.4. The quantitative estimate of drug-likeness (QED) is 0.163. The van der Waals surface area contributed by atoms with Crippen LogP contribution in [0.2, 0.25) is 0 Å². The van der Waals surface area contributed by atoms with Crippen molar-refractivity contribution in [2.24, 2.45) is 0 Å². The fourth-order valence-electron chi connectivity index (χ4n) is 13.9. The molecule has 12 rings (SSSR count). The molecule has 0 amide bonds. The number of allylic oxidation sites excluding steroid dienone is 1. The van der Waals surface area contributed by atoms with E-state index >= 15 is 0 Å². The van der Waals surface area contributed by atoms with E-state index in [9.17, 15) is 0 Å². The Hall–Kier alpha value is -5.52. The molecule has 6 aromatic carbocycles. The predicted molar refractivity (Wildman–Crippen MR) is 314 cm³/mol. The Bertz CT molecular complexity index is 3430. The summed E-state index contributed by atoms with van der Waals surface area (Å²) >= 11 is 2.03. The third-order valence-electron chi connectivity index (χ3n) is 18.2. The molecule has 2 atom stereocenters. The van der Waals surface area contributed by atoms with Crippen molar-refractivity contribution in [2.75, 3.05) is 14.7 Å². The van der Waals surface area contributed by atoms with Crippen molar-refractivity contribution < 1.29 is 0 Å². The van der Waals surface area contributed by atoms with Crippen LogP contribution in [0.5, 0.6) is 0 Å². The number of nitrogens with zero attached hydrogens (tertiary/aromatic N) is 3. The van der Waals surface area contributed by atoms with Gasteiger partial charge in [-0.3, -0.25) is 0 Å². The predicted octanol–water partition coefficient (Wildman–Crippen LogP) is 17.5. The second-order valence-corrected chi connectivity index (χ2v) is 28.3. The van der Waals surface area contributed by atoms with Crippen LogP contribution in [0.25, 0.3) is 15.8 Å². The average Bonchev–Trinajstić information content (AvgIpc) is 3.94. The lowest BCUT2D eigenvalue weighted by Crippen LogP contribution is -2.56. The molecule has 4 heterocycles. The fraction of sp³-hybridized carbons (Fsp3) is 0.403. The summed E-state index contributed by atoms with van der Waals surface area (Å²) in [6.45, 7) is 38.2. The number of benzene rings is 6. The van der Waals surface area contributed by atoms with Crippen LogP contribution < -0.4 is 24.9 Å². The Morgan fingerprint density at radius 2 is 1.08 bits per heavy atom. The molecular weight excluding hydrogens is 890 g/mol. The summed E-state index contributed by atoms with van der Waals surface area (Å²) < 4.78 is 2.82. The Kier molecular flexibility index (Phi) is 10.2. The molecule has 7 aromatic rings. The molecule has 0 radical (unpaired) electrons. The van der Waals surface area contributed by atoms with Crippen molar-refractivity contribution in [1.82, 2.24) is 0 Å². The van der Waals surface area contributed by atoms with Gasteiger partial charge in [0.2, 0.25) is 0 Å². The highest BCUT2D eigenvalue weighted by atomic mass is 32.1. The zero-order valence-corrected chi connectivity index (χ0v) is 47.1. The molecule has 2 aliphatic carbocycles. The fourth-order valence-corrected chi connectivity index (χ4v) is 15.2. The van der Waals surface area contributed by atoms with E-state index in [0.29, 0.717) is 0 Å². The van der Waals surface area contributed by atoms with Crippen molar-refractivity contribution in [3.8, 4) is 0 Å². The van der Waals surface area contributed by atoms with Crippen LogP contribution in [-0.4, -0.2) is 12.3 Å². The molecule has 3 nitrogen and oxygen atoms in total. The third kappa shape index (κ3) is 6.87. The van der Waals surface area contributed by atoms with Crippen molar-refractivity contribution >= 4 is 83.9 Å². The largest absolute Gasteiger partial charge is 0.334 e. The van der Waals surface area contributed by atoms with Crippen LogP contribution in [0, 0.1) is 13.8 Å². The van der Waals surface area contributed by atoms with Crippen molar-refractivity contribution in [2.45, 2.75) is 175 Å². The summed E-state index contributed by atoms with van der Waals surface area (Å²) in [5.74, 6) is 0. The maximum Gasteiger partial charge on any atom is 0.260 e. The molecular formula is C67H76BN3S. The van der Waals surface area contributed by atoms with Crippen LogP contribution in [0.3, 0.4) is 0 Å². The first-order valence-electron chi connectivity index (χ1n) is 27.1. The van der Waals surface area contributed by atoms with Gasteiger partial charge >= 0.3 is 0 Å². The second kappa shape index (κ2) is 15.5. The summed E-state index contributed by atoms with van der Waals surface area (Å²) in [5.41, 5.74) is 25.9. The highest BCUT2D eigenvalue weighted by Crippen LogP contribution is 2.63. The van der Waals surface area contributed by atoms with Gasteiger partial charge in [-0.05, 0) is 161 Å². The lowest BCUT2D eigenvalue weighted by molar-refractivity contribution is 0.195. The van der Waals surface area contributed by atoms with Crippen LogP contribution in [0.1, 0.15) is 173 Å². The summed E-state index contributed by atoms with van der Waals surface area (Å²) in [7, 11) is 0. The minimum absolute atomic E-state index is 0.00150.